The van der Waals surface area contributed by atoms with E-state index in [4.69, 9.17) is 9.47 Å². The summed E-state index contributed by atoms with van der Waals surface area (Å²) >= 11 is 0. The largest absolute Gasteiger partial charge is 0.489 e. The molecule has 0 bridgehead atoms. The number of hydrogen-bond acceptors (Lipinski definition) is 3. The average molecular weight is 303 g/mol. The molecule has 21 heavy (non-hydrogen) atoms. The predicted molar refractivity (Wildman–Crippen MR) is 70.2 cm³/mol. The molecule has 0 unspecified atom stereocenters. The van der Waals surface area contributed by atoms with Crippen molar-refractivity contribution < 1.29 is 27.4 Å². The fourth-order valence-electron chi connectivity index (χ4n) is 1.75. The van der Waals surface area contributed by atoms with E-state index in [-0.39, 0.29) is 29.9 Å². The van der Waals surface area contributed by atoms with E-state index in [1.54, 1.807) is 0 Å². The zero-order valence-electron chi connectivity index (χ0n) is 11.5. The van der Waals surface area contributed by atoms with Gasteiger partial charge in [0, 0.05) is 13.0 Å². The molecule has 1 aliphatic carbocycles. The Morgan fingerprint density at radius 3 is 2.62 bits per heavy atom. The van der Waals surface area contributed by atoms with Crippen molar-refractivity contribution in [3.05, 3.63) is 23.8 Å². The van der Waals surface area contributed by atoms with Gasteiger partial charge in [-0.05, 0) is 31.0 Å². The van der Waals surface area contributed by atoms with Gasteiger partial charge in [0.2, 0.25) is 5.91 Å². The summed E-state index contributed by atoms with van der Waals surface area (Å²) < 4.78 is 48.4. The van der Waals surface area contributed by atoms with Crippen molar-refractivity contribution in [2.75, 3.05) is 25.6 Å². The number of carbonyl (C=O) groups is 1. The minimum Gasteiger partial charge on any atom is -0.489 e. The molecule has 116 valence electrons. The Balaban J connectivity index is 2.19. The Hall–Kier alpha value is -1.76. The first kappa shape index (κ1) is 15.6. The zero-order valence-corrected chi connectivity index (χ0v) is 11.5. The molecule has 4 nitrogen and oxygen atoms in total. The highest BCUT2D eigenvalue weighted by Gasteiger charge is 2.33. The van der Waals surface area contributed by atoms with E-state index >= 15 is 0 Å². The van der Waals surface area contributed by atoms with Crippen molar-refractivity contribution >= 4 is 11.6 Å². The summed E-state index contributed by atoms with van der Waals surface area (Å²) in [5, 5.41) is 2.51. The van der Waals surface area contributed by atoms with Crippen LogP contribution in [-0.2, 0) is 15.7 Å². The summed E-state index contributed by atoms with van der Waals surface area (Å²) in [6.45, 7) is 0.491. The number of anilines is 1. The molecule has 0 heterocycles. The van der Waals surface area contributed by atoms with E-state index in [1.165, 1.54) is 13.2 Å². The predicted octanol–water partition coefficient (Wildman–Crippen LogP) is 3.08. The fourth-order valence-corrected chi connectivity index (χ4v) is 1.75. The number of hydrogen-bond donors (Lipinski definition) is 1. The first-order valence-electron chi connectivity index (χ1n) is 6.55. The van der Waals surface area contributed by atoms with Crippen LogP contribution in [-0.4, -0.2) is 26.2 Å². The number of rotatable bonds is 6. The van der Waals surface area contributed by atoms with Gasteiger partial charge in [-0.25, -0.2) is 0 Å². The maximum atomic E-state index is 12.7. The van der Waals surface area contributed by atoms with Gasteiger partial charge < -0.3 is 14.8 Å². The van der Waals surface area contributed by atoms with Crippen molar-refractivity contribution in [2.24, 2.45) is 5.92 Å². The third-order valence-corrected chi connectivity index (χ3v) is 3.06. The van der Waals surface area contributed by atoms with Gasteiger partial charge in [0.1, 0.15) is 12.4 Å². The Morgan fingerprint density at radius 2 is 2.05 bits per heavy atom. The lowest BCUT2D eigenvalue weighted by molar-refractivity contribution is -0.137. The van der Waals surface area contributed by atoms with E-state index in [2.05, 4.69) is 5.32 Å². The van der Waals surface area contributed by atoms with Gasteiger partial charge in [0.25, 0.3) is 0 Å². The summed E-state index contributed by atoms with van der Waals surface area (Å²) in [7, 11) is 1.49. The van der Waals surface area contributed by atoms with Crippen LogP contribution in [0.2, 0.25) is 0 Å². The standard InChI is InChI=1S/C14H16F3NO3/c1-20-6-7-21-12-5-4-10(14(15,16)17)8-11(12)18-13(19)9-2-3-9/h4-5,8-9H,2-3,6-7H2,1H3,(H,18,19). The second kappa shape index (κ2) is 6.34. The van der Waals surface area contributed by atoms with Gasteiger partial charge in [-0.2, -0.15) is 13.2 Å². The van der Waals surface area contributed by atoms with Crippen LogP contribution in [0.1, 0.15) is 18.4 Å². The molecule has 1 aliphatic rings. The van der Waals surface area contributed by atoms with Gasteiger partial charge in [-0.1, -0.05) is 0 Å². The summed E-state index contributed by atoms with van der Waals surface area (Å²) in [5.74, 6) is -0.175. The van der Waals surface area contributed by atoms with Crippen molar-refractivity contribution in [3.8, 4) is 5.75 Å². The second-order valence-electron chi connectivity index (χ2n) is 4.81. The van der Waals surface area contributed by atoms with E-state index < -0.39 is 11.7 Å². The highest BCUT2D eigenvalue weighted by molar-refractivity contribution is 5.95. The summed E-state index contributed by atoms with van der Waals surface area (Å²) in [4.78, 5) is 11.7. The number of ether oxygens (including phenoxy) is 2. The van der Waals surface area contributed by atoms with Gasteiger partial charge in [-0.3, -0.25) is 4.79 Å². The normalized spacial score (nSPS) is 14.9. The van der Waals surface area contributed by atoms with Crippen LogP contribution in [0.25, 0.3) is 0 Å². The second-order valence-corrected chi connectivity index (χ2v) is 4.81. The molecule has 1 aromatic carbocycles. The van der Waals surface area contributed by atoms with Crippen LogP contribution in [0.15, 0.2) is 18.2 Å². The average Bonchev–Trinajstić information content (AvgIpc) is 3.23. The molecule has 0 radical (unpaired) electrons. The van der Waals surface area contributed by atoms with Crippen molar-refractivity contribution in [1.82, 2.24) is 0 Å². The van der Waals surface area contributed by atoms with Crippen LogP contribution < -0.4 is 10.1 Å². The number of benzene rings is 1. The molecule has 2 rings (SSSR count). The Bertz CT molecular complexity index is 513. The highest BCUT2D eigenvalue weighted by Crippen LogP contribution is 2.36. The van der Waals surface area contributed by atoms with Crippen LogP contribution in [0.5, 0.6) is 5.75 Å². The molecular formula is C14H16F3NO3. The Labute approximate surface area is 120 Å². The summed E-state index contributed by atoms with van der Waals surface area (Å²) in [5.41, 5.74) is -0.787. The van der Waals surface area contributed by atoms with Crippen molar-refractivity contribution in [2.45, 2.75) is 19.0 Å². The lowest BCUT2D eigenvalue weighted by Gasteiger charge is -2.15. The van der Waals surface area contributed by atoms with E-state index in [9.17, 15) is 18.0 Å². The van der Waals surface area contributed by atoms with E-state index in [0.717, 1.165) is 25.0 Å². The number of nitrogens with one attached hydrogen (secondary N) is 1. The molecule has 0 atom stereocenters. The van der Waals surface area contributed by atoms with Crippen molar-refractivity contribution in [3.63, 3.8) is 0 Å². The lowest BCUT2D eigenvalue weighted by atomic mass is 10.1. The number of amides is 1. The monoisotopic (exact) mass is 303 g/mol. The molecule has 0 aromatic heterocycles. The van der Waals surface area contributed by atoms with E-state index in [1.807, 2.05) is 0 Å². The highest BCUT2D eigenvalue weighted by atomic mass is 19.4. The minimum absolute atomic E-state index is 0.0397. The fraction of sp³-hybridized carbons (Fsp3) is 0.500. The number of halogens is 3. The first-order chi connectivity index (χ1) is 9.91. The third-order valence-electron chi connectivity index (χ3n) is 3.06. The van der Waals surface area contributed by atoms with Crippen LogP contribution in [0.3, 0.4) is 0 Å². The summed E-state index contributed by atoms with van der Waals surface area (Å²) in [6, 6.07) is 3.03. The Kier molecular flexibility index (Phi) is 4.72. The van der Waals surface area contributed by atoms with Crippen LogP contribution >= 0.6 is 0 Å². The molecule has 1 saturated carbocycles. The van der Waals surface area contributed by atoms with Crippen LogP contribution in [0.4, 0.5) is 18.9 Å². The number of carbonyl (C=O) groups excluding carboxylic acids is 1. The third kappa shape index (κ3) is 4.35. The SMILES string of the molecule is COCCOc1ccc(C(F)(F)F)cc1NC(=O)C1CC1. The quantitative estimate of drug-likeness (QED) is 0.822. The zero-order chi connectivity index (χ0) is 15.5. The van der Waals surface area contributed by atoms with E-state index in [0.29, 0.717) is 6.61 Å². The molecule has 7 heteroatoms. The summed E-state index contributed by atoms with van der Waals surface area (Å²) in [6.07, 6.45) is -2.93. The van der Waals surface area contributed by atoms with Gasteiger partial charge in [-0.15, -0.1) is 0 Å². The van der Waals surface area contributed by atoms with Gasteiger partial charge in [0.15, 0.2) is 0 Å². The smallest absolute Gasteiger partial charge is 0.416 e. The lowest BCUT2D eigenvalue weighted by Crippen LogP contribution is -2.16. The molecule has 1 amide bonds. The topological polar surface area (TPSA) is 47.6 Å². The molecular weight excluding hydrogens is 287 g/mol. The molecule has 1 fully saturated rings. The maximum absolute atomic E-state index is 12.7. The van der Waals surface area contributed by atoms with Gasteiger partial charge in [0.05, 0.1) is 17.9 Å². The maximum Gasteiger partial charge on any atom is 0.416 e. The molecule has 1 N–H and O–H groups in total. The minimum atomic E-state index is -4.47. The van der Waals surface area contributed by atoms with Crippen LogP contribution in [0, 0.1) is 5.92 Å². The molecule has 1 aromatic rings. The first-order valence-corrected chi connectivity index (χ1v) is 6.55. The van der Waals surface area contributed by atoms with Crippen molar-refractivity contribution in [1.29, 1.82) is 0 Å². The number of methoxy groups -OCH3 is 1. The van der Waals surface area contributed by atoms with Gasteiger partial charge >= 0.3 is 6.18 Å². The molecule has 0 saturated heterocycles. The number of alkyl halides is 3. The molecule has 0 aliphatic heterocycles. The molecule has 0 spiro atoms. The Morgan fingerprint density at radius 1 is 1.33 bits per heavy atom.